The lowest BCUT2D eigenvalue weighted by Gasteiger charge is -2.46. The molecule has 0 spiro atoms. The molecule has 4 aromatic heterocycles. The van der Waals surface area contributed by atoms with Gasteiger partial charge in [0.2, 0.25) is 11.7 Å². The van der Waals surface area contributed by atoms with Crippen molar-refractivity contribution in [2.45, 2.75) is 44.9 Å². The average Bonchev–Trinajstić information content (AvgIpc) is 3.59. The first-order valence-electron chi connectivity index (χ1n) is 13.1. The van der Waals surface area contributed by atoms with Gasteiger partial charge in [-0.2, -0.15) is 4.52 Å². The molecule has 198 valence electrons. The van der Waals surface area contributed by atoms with Crippen molar-refractivity contribution in [1.29, 1.82) is 0 Å². The van der Waals surface area contributed by atoms with E-state index < -0.39 is 0 Å². The van der Waals surface area contributed by atoms with Gasteiger partial charge in [-0.05, 0) is 55.7 Å². The molecular weight excluding hydrogens is 498 g/mol. The van der Waals surface area contributed by atoms with Gasteiger partial charge in [-0.25, -0.2) is 0 Å². The topological polar surface area (TPSA) is 130 Å². The number of carbonyl (C=O) groups excluding carboxylic acids is 1. The number of hydrogen-bond acceptors (Lipinski definition) is 9. The normalized spacial score (nSPS) is 20.2. The number of methoxy groups -OCH3 is 1. The molecule has 11 nitrogen and oxygen atoms in total. The van der Waals surface area contributed by atoms with E-state index in [0.717, 1.165) is 23.1 Å². The van der Waals surface area contributed by atoms with E-state index in [-0.39, 0.29) is 18.6 Å². The van der Waals surface area contributed by atoms with Crippen molar-refractivity contribution in [2.24, 2.45) is 11.8 Å². The van der Waals surface area contributed by atoms with Gasteiger partial charge >= 0.3 is 0 Å². The third-order valence-corrected chi connectivity index (χ3v) is 7.79. The Bertz CT molecular complexity index is 1650. The molecule has 0 radical (unpaired) electrons. The lowest BCUT2D eigenvalue weighted by molar-refractivity contribution is 0.0617. The first kappa shape index (κ1) is 23.7. The predicted molar refractivity (Wildman–Crippen MR) is 140 cm³/mol. The first-order chi connectivity index (χ1) is 19.2. The predicted octanol–water partition coefficient (Wildman–Crippen LogP) is 3.97. The minimum absolute atomic E-state index is 0.0647. The third-order valence-electron chi connectivity index (χ3n) is 7.79. The highest BCUT2D eigenvalue weighted by molar-refractivity contribution is 5.97. The molecule has 39 heavy (non-hydrogen) atoms. The van der Waals surface area contributed by atoms with Crippen LogP contribution in [0.5, 0.6) is 5.88 Å². The summed E-state index contributed by atoms with van der Waals surface area (Å²) in [4.78, 5) is 17.2. The molecule has 5 aromatic rings. The second-order valence-corrected chi connectivity index (χ2v) is 10.3. The number of hydrogen-bond donors (Lipinski definition) is 1. The molecule has 3 aliphatic carbocycles. The van der Waals surface area contributed by atoms with Crippen molar-refractivity contribution >= 4 is 22.3 Å². The third kappa shape index (κ3) is 4.38. The zero-order chi connectivity index (χ0) is 26.3. The molecule has 11 heteroatoms. The maximum absolute atomic E-state index is 12.8. The van der Waals surface area contributed by atoms with E-state index in [4.69, 9.17) is 19.1 Å². The van der Waals surface area contributed by atoms with Gasteiger partial charge in [0.25, 0.3) is 5.91 Å². The van der Waals surface area contributed by atoms with Gasteiger partial charge in [0.15, 0.2) is 17.1 Å². The molecule has 1 atom stereocenters. The Hall–Kier alpha value is -4.38. The van der Waals surface area contributed by atoms with E-state index in [1.54, 1.807) is 30.0 Å². The minimum atomic E-state index is -0.0647. The van der Waals surface area contributed by atoms with E-state index in [9.17, 15) is 4.79 Å². The smallest absolute Gasteiger partial charge is 0.253 e. The van der Waals surface area contributed by atoms with Crippen LogP contribution in [0.2, 0.25) is 0 Å². The van der Waals surface area contributed by atoms with Crippen LogP contribution >= 0.6 is 0 Å². The first-order valence-corrected chi connectivity index (χ1v) is 13.1. The molecule has 3 fully saturated rings. The number of nitrogens with zero attached hydrogens (tertiary/aromatic N) is 6. The monoisotopic (exact) mass is 525 g/mol. The summed E-state index contributed by atoms with van der Waals surface area (Å²) in [5, 5.41) is 22.3. The second-order valence-electron chi connectivity index (χ2n) is 10.3. The molecule has 3 saturated carbocycles. The van der Waals surface area contributed by atoms with Gasteiger partial charge in [0.05, 0.1) is 11.3 Å². The summed E-state index contributed by atoms with van der Waals surface area (Å²) in [7, 11) is 1.59. The fourth-order valence-electron chi connectivity index (χ4n) is 5.68. The molecule has 1 aromatic carbocycles. The molecule has 1 N–H and O–H groups in total. The maximum Gasteiger partial charge on any atom is 0.253 e. The number of rotatable bonds is 8. The molecule has 2 bridgehead atoms. The molecule has 1 amide bonds. The quantitative estimate of drug-likeness (QED) is 0.320. The fourth-order valence-corrected chi connectivity index (χ4v) is 5.68. The lowest BCUT2D eigenvalue weighted by Crippen LogP contribution is -2.49. The zero-order valence-corrected chi connectivity index (χ0v) is 21.4. The lowest BCUT2D eigenvalue weighted by atomic mass is 9.63. The highest BCUT2D eigenvalue weighted by atomic mass is 16.5. The van der Waals surface area contributed by atoms with Crippen LogP contribution in [-0.4, -0.2) is 49.0 Å². The number of benzene rings is 1. The summed E-state index contributed by atoms with van der Waals surface area (Å²) < 4.78 is 18.2. The summed E-state index contributed by atoms with van der Waals surface area (Å²) in [5.41, 5.74) is 2.30. The van der Waals surface area contributed by atoms with Crippen LogP contribution in [0.25, 0.3) is 27.9 Å². The van der Waals surface area contributed by atoms with E-state index in [1.165, 1.54) is 19.3 Å². The van der Waals surface area contributed by atoms with Crippen LogP contribution in [0.1, 0.15) is 47.5 Å². The van der Waals surface area contributed by atoms with Gasteiger partial charge in [0, 0.05) is 36.2 Å². The Labute approximate surface area is 223 Å². The number of pyridine rings is 1. The van der Waals surface area contributed by atoms with Crippen LogP contribution in [0, 0.1) is 11.8 Å². The van der Waals surface area contributed by atoms with Gasteiger partial charge in [-0.1, -0.05) is 23.4 Å². The fraction of sp³-hybridized carbons (Fsp3) is 0.357. The number of nitrogens with one attached hydrogen (secondary N) is 1. The van der Waals surface area contributed by atoms with Crippen molar-refractivity contribution in [3.8, 4) is 17.4 Å². The Morgan fingerprint density at radius 2 is 1.97 bits per heavy atom. The Morgan fingerprint density at radius 1 is 1.10 bits per heavy atom. The number of amides is 1. The van der Waals surface area contributed by atoms with E-state index >= 15 is 0 Å². The summed E-state index contributed by atoms with van der Waals surface area (Å²) in [6.45, 7) is 0.472. The number of fused-ring (bicyclic) bond motifs is 5. The van der Waals surface area contributed by atoms with Crippen LogP contribution in [0.4, 0.5) is 0 Å². The van der Waals surface area contributed by atoms with Crippen LogP contribution in [0.3, 0.4) is 0 Å². The molecule has 0 aliphatic heterocycles. The summed E-state index contributed by atoms with van der Waals surface area (Å²) in [6.07, 6.45) is 6.39. The van der Waals surface area contributed by atoms with Crippen LogP contribution < -0.4 is 10.1 Å². The van der Waals surface area contributed by atoms with Crippen LogP contribution in [-0.2, 0) is 18.0 Å². The van der Waals surface area contributed by atoms with Crippen molar-refractivity contribution in [3.05, 3.63) is 65.7 Å². The molecule has 8 rings (SSSR count). The zero-order valence-electron chi connectivity index (χ0n) is 21.4. The van der Waals surface area contributed by atoms with Gasteiger partial charge in [-0.15, -0.1) is 15.3 Å². The molecule has 3 aliphatic rings. The van der Waals surface area contributed by atoms with E-state index in [0.29, 0.717) is 52.6 Å². The van der Waals surface area contributed by atoms with Crippen molar-refractivity contribution in [3.63, 3.8) is 0 Å². The highest BCUT2D eigenvalue weighted by Gasteiger charge is 2.40. The Balaban J connectivity index is 1.11. The number of ether oxygens (including phenoxy) is 2. The second kappa shape index (κ2) is 9.73. The van der Waals surface area contributed by atoms with Gasteiger partial charge < -0.3 is 19.3 Å². The molecule has 0 saturated heterocycles. The maximum atomic E-state index is 12.8. The number of carbonyl (C=O) groups is 1. The number of aromatic nitrogens is 6. The standard InChI is InChI=1S/C28H27N7O4/c1-37-15-20-12-24(34-39-20)26-32-31-25-21-4-2-3-5-22(21)28(33-35(25)26)38-14-19-8-7-17(13-29-19)27(36)30-23-9-6-16-10-18(23)11-16/h2-5,7-8,12-13,16,18,23H,6,9-11,14-15H2,1H3,(H,30,36)/t16?,18?,23-/m0/s1. The highest BCUT2D eigenvalue weighted by Crippen LogP contribution is 2.45. The van der Waals surface area contributed by atoms with Crippen molar-refractivity contribution in [1.82, 2.24) is 35.3 Å². The molecule has 0 unspecified atom stereocenters. The Kier molecular flexibility index (Phi) is 5.92. The van der Waals surface area contributed by atoms with Crippen molar-refractivity contribution < 1.29 is 18.8 Å². The van der Waals surface area contributed by atoms with E-state index in [2.05, 4.69) is 25.7 Å². The summed E-state index contributed by atoms with van der Waals surface area (Å²) >= 11 is 0. The van der Waals surface area contributed by atoms with E-state index in [1.807, 2.05) is 30.3 Å². The summed E-state index contributed by atoms with van der Waals surface area (Å²) in [6, 6.07) is 13.3. The minimum Gasteiger partial charge on any atom is -0.470 e. The van der Waals surface area contributed by atoms with Gasteiger partial charge in [0.1, 0.15) is 13.2 Å². The Morgan fingerprint density at radius 3 is 2.74 bits per heavy atom. The van der Waals surface area contributed by atoms with Crippen LogP contribution in [0.15, 0.2) is 53.2 Å². The summed E-state index contributed by atoms with van der Waals surface area (Å²) in [5.74, 6) is 2.85. The van der Waals surface area contributed by atoms with Gasteiger partial charge in [-0.3, -0.25) is 9.78 Å². The molecule has 4 heterocycles. The largest absolute Gasteiger partial charge is 0.470 e. The van der Waals surface area contributed by atoms with Crippen molar-refractivity contribution in [2.75, 3.05) is 7.11 Å². The molecular formula is C28H27N7O4. The SMILES string of the molecule is COCc1cc(-c2nnc3c4ccccc4c(OCc4ccc(C(=O)N[C@H]5CCC6CC5C6)cn4)nn23)no1. The average molecular weight is 526 g/mol.